The van der Waals surface area contributed by atoms with Crippen LogP contribution in [0, 0.1) is 68.0 Å². The number of benzene rings is 8. The summed E-state index contributed by atoms with van der Waals surface area (Å²) in [5.41, 5.74) is 6.05. The van der Waals surface area contributed by atoms with E-state index in [0.717, 1.165) is 16.7 Å². The Hall–Kier alpha value is -8.95. The van der Waals surface area contributed by atoms with Gasteiger partial charge in [0.2, 0.25) is 0 Å². The molecule has 0 N–H and O–H groups in total. The summed E-state index contributed by atoms with van der Waals surface area (Å²) in [6.07, 6.45) is 0. The monoisotopic (exact) mass is 824 g/mol. The van der Waals surface area contributed by atoms with E-state index in [1.54, 1.807) is 6.07 Å². The van der Waals surface area contributed by atoms with E-state index in [-0.39, 0.29) is 33.4 Å². The zero-order valence-electron chi connectivity index (χ0n) is 34.4. The van der Waals surface area contributed by atoms with Crippen molar-refractivity contribution in [1.29, 1.82) is 31.6 Å². The van der Waals surface area contributed by atoms with Crippen LogP contribution in [-0.4, -0.2) is 0 Å². The molecule has 0 spiro atoms. The Morgan fingerprint density at radius 1 is 0.286 bits per heavy atom. The molecule has 0 aliphatic rings. The topological polar surface area (TPSA) is 143 Å². The van der Waals surface area contributed by atoms with Gasteiger partial charge in [0.15, 0.2) is 0 Å². The lowest BCUT2D eigenvalue weighted by molar-refractivity contribution is 1.24. The normalized spacial score (nSPS) is 10.5. The molecule has 0 amide bonds. The van der Waals surface area contributed by atoms with Gasteiger partial charge in [-0.1, -0.05) is 105 Å². The summed E-state index contributed by atoms with van der Waals surface area (Å²) in [7, 11) is -1.85. The summed E-state index contributed by atoms with van der Waals surface area (Å²) in [5.74, 6) is 0. The van der Waals surface area contributed by atoms with Gasteiger partial charge < -0.3 is 0 Å². The number of nitriles is 6. The fraction of sp³-hybridized carbons (Fsp3) is 0.0357. The molecule has 8 aromatic rings. The largest absolute Gasteiger partial charge is 0.192 e. The van der Waals surface area contributed by atoms with Crippen molar-refractivity contribution >= 4 is 10.0 Å². The molecule has 7 heteroatoms. The molecule has 0 unspecified atom stereocenters. The standard InChI is InChI=1S/C54H30N6S.C2H6/c55-31-37-24-45(33-57)53(46(25-37)34-58)43-28-42(29-44(30-43)54-47(35-59)26-38(32-56)27-48(54)36-60)41-18-16-39(17-19-41)40-20-22-52(23-21-40)61(49-10-4-1-5-11-49,50-12-6-2-7-13-50)51-14-8-3-9-15-51;1-2/h1-30H;1-2H3. The smallest absolute Gasteiger partial charge is 0.0999 e. The van der Waals surface area contributed by atoms with Crippen molar-refractivity contribution in [2.45, 2.75) is 33.4 Å². The molecule has 63 heavy (non-hydrogen) atoms. The molecule has 296 valence electrons. The van der Waals surface area contributed by atoms with Gasteiger partial charge in [0.25, 0.3) is 0 Å². The highest BCUT2D eigenvalue weighted by Gasteiger charge is 2.33. The number of hydrogen-bond donors (Lipinski definition) is 0. The minimum atomic E-state index is -1.85. The third-order valence-corrected chi connectivity index (χ3v) is 14.5. The molecule has 8 aromatic carbocycles. The molecule has 6 nitrogen and oxygen atoms in total. The molecule has 0 bridgehead atoms. The van der Waals surface area contributed by atoms with Crippen molar-refractivity contribution in [1.82, 2.24) is 0 Å². The number of hydrogen-bond acceptors (Lipinski definition) is 6. The van der Waals surface area contributed by atoms with E-state index in [4.69, 9.17) is 0 Å². The van der Waals surface area contributed by atoms with Gasteiger partial charge in [-0.2, -0.15) is 31.6 Å². The molecular formula is C56H36N6S. The van der Waals surface area contributed by atoms with E-state index >= 15 is 0 Å². The van der Waals surface area contributed by atoms with Crippen molar-refractivity contribution in [3.8, 4) is 80.9 Å². The highest BCUT2D eigenvalue weighted by molar-refractivity contribution is 8.34. The molecular weight excluding hydrogens is 789 g/mol. The van der Waals surface area contributed by atoms with Crippen molar-refractivity contribution in [3.63, 3.8) is 0 Å². The summed E-state index contributed by atoms with van der Waals surface area (Å²) in [5, 5.41) is 60.1. The minimum absolute atomic E-state index is 0.135. The van der Waals surface area contributed by atoms with Crippen LogP contribution in [0.15, 0.2) is 202 Å². The summed E-state index contributed by atoms with van der Waals surface area (Å²) >= 11 is 0. The maximum atomic E-state index is 10.2. The second-order valence-electron chi connectivity index (χ2n) is 14.0. The molecule has 0 saturated heterocycles. The Labute approximate surface area is 369 Å². The first-order valence-electron chi connectivity index (χ1n) is 20.1. The highest BCUT2D eigenvalue weighted by Crippen LogP contribution is 2.73. The van der Waals surface area contributed by atoms with Crippen molar-refractivity contribution in [2.75, 3.05) is 0 Å². The molecule has 8 rings (SSSR count). The van der Waals surface area contributed by atoms with Gasteiger partial charge in [-0.05, 0) is 124 Å². The van der Waals surface area contributed by atoms with Crippen LogP contribution in [0.3, 0.4) is 0 Å². The van der Waals surface area contributed by atoms with Gasteiger partial charge in [-0.3, -0.25) is 0 Å². The van der Waals surface area contributed by atoms with Crippen molar-refractivity contribution in [2.24, 2.45) is 0 Å². The average Bonchev–Trinajstić information content (AvgIpc) is 3.37. The summed E-state index contributed by atoms with van der Waals surface area (Å²) in [4.78, 5) is 4.91. The van der Waals surface area contributed by atoms with E-state index in [1.807, 2.05) is 80.6 Å². The van der Waals surface area contributed by atoms with E-state index in [1.165, 1.54) is 43.8 Å². The zero-order valence-corrected chi connectivity index (χ0v) is 35.2. The van der Waals surface area contributed by atoms with Crippen LogP contribution in [0.5, 0.6) is 0 Å². The van der Waals surface area contributed by atoms with Crippen molar-refractivity contribution in [3.05, 3.63) is 215 Å². The number of rotatable bonds is 8. The number of nitrogens with zero attached hydrogens (tertiary/aromatic N) is 6. The van der Waals surface area contributed by atoms with E-state index < -0.39 is 10.0 Å². The zero-order chi connectivity index (χ0) is 44.3. The van der Waals surface area contributed by atoms with Crippen LogP contribution < -0.4 is 0 Å². The first-order chi connectivity index (χ1) is 30.9. The summed E-state index contributed by atoms with van der Waals surface area (Å²) in [6, 6.07) is 72.7. The lowest BCUT2D eigenvalue weighted by Gasteiger charge is -2.42. The van der Waals surface area contributed by atoms with Gasteiger partial charge >= 0.3 is 0 Å². The SMILES string of the molecule is CC.N#Cc1cc(C#N)c(-c2cc(-c3ccc(-c4ccc(S(c5ccccc5)(c5ccccc5)c5ccccc5)cc4)cc3)cc(-c3c(C#N)cc(C#N)cc3C#N)c2)c(C#N)c1. The first kappa shape index (κ1) is 42.2. The van der Waals surface area contributed by atoms with Crippen LogP contribution in [0.1, 0.15) is 47.2 Å². The fourth-order valence-electron chi connectivity index (χ4n) is 7.87. The highest BCUT2D eigenvalue weighted by atomic mass is 32.3. The Balaban J connectivity index is 0.00000293. The van der Waals surface area contributed by atoms with Crippen LogP contribution in [0.2, 0.25) is 0 Å². The lowest BCUT2D eigenvalue weighted by Crippen LogP contribution is -2.05. The Bertz CT molecular complexity index is 2950. The predicted molar refractivity (Wildman–Crippen MR) is 248 cm³/mol. The third kappa shape index (κ3) is 8.05. The fourth-order valence-corrected chi connectivity index (χ4v) is 11.7. The Kier molecular flexibility index (Phi) is 12.7. The van der Waals surface area contributed by atoms with Gasteiger partial charge in [-0.25, -0.2) is 0 Å². The quantitative estimate of drug-likeness (QED) is 0.149. The Morgan fingerprint density at radius 3 is 0.857 bits per heavy atom. The van der Waals surface area contributed by atoms with Gasteiger partial charge in [0, 0.05) is 30.7 Å². The molecule has 0 heterocycles. The van der Waals surface area contributed by atoms with Crippen molar-refractivity contribution < 1.29 is 0 Å². The van der Waals surface area contributed by atoms with Crippen LogP contribution in [-0.2, 0) is 0 Å². The van der Waals surface area contributed by atoms with Crippen LogP contribution in [0.25, 0.3) is 44.5 Å². The second kappa shape index (κ2) is 19.0. The van der Waals surface area contributed by atoms with Gasteiger partial charge in [0.1, 0.15) is 0 Å². The first-order valence-corrected chi connectivity index (χ1v) is 21.7. The maximum absolute atomic E-state index is 10.2. The van der Waals surface area contributed by atoms with E-state index in [0.29, 0.717) is 27.8 Å². The Morgan fingerprint density at radius 2 is 0.556 bits per heavy atom. The molecule has 0 saturated carbocycles. The van der Waals surface area contributed by atoms with Gasteiger partial charge in [-0.15, -0.1) is 10.0 Å². The van der Waals surface area contributed by atoms with E-state index in [2.05, 4.69) is 121 Å². The molecule has 0 atom stereocenters. The predicted octanol–water partition coefficient (Wildman–Crippen LogP) is 14.0. The molecule has 0 radical (unpaired) electrons. The molecule has 0 aromatic heterocycles. The van der Waals surface area contributed by atoms with E-state index in [9.17, 15) is 31.6 Å². The third-order valence-electron chi connectivity index (χ3n) is 10.6. The van der Waals surface area contributed by atoms with Crippen LogP contribution >= 0.6 is 10.0 Å². The molecule has 0 aliphatic heterocycles. The second-order valence-corrected chi connectivity index (χ2v) is 17.1. The maximum Gasteiger partial charge on any atom is 0.0999 e. The minimum Gasteiger partial charge on any atom is -0.192 e. The summed E-state index contributed by atoms with van der Waals surface area (Å²) in [6.45, 7) is 4.00. The molecule has 0 fully saturated rings. The lowest BCUT2D eigenvalue weighted by atomic mass is 9.86. The van der Waals surface area contributed by atoms with Crippen LogP contribution in [0.4, 0.5) is 0 Å². The molecule has 0 aliphatic carbocycles. The average molecular weight is 825 g/mol. The summed E-state index contributed by atoms with van der Waals surface area (Å²) < 4.78 is 0. The van der Waals surface area contributed by atoms with Gasteiger partial charge in [0.05, 0.1) is 69.8 Å².